The molecule has 2 aliphatic heterocycles. The quantitative estimate of drug-likeness (QED) is 0.699. The first-order chi connectivity index (χ1) is 15.0. The van der Waals surface area contributed by atoms with Crippen molar-refractivity contribution in [3.63, 3.8) is 0 Å². The summed E-state index contributed by atoms with van der Waals surface area (Å²) in [6.45, 7) is 6.51. The van der Waals surface area contributed by atoms with Crippen LogP contribution in [0.3, 0.4) is 0 Å². The average Bonchev–Trinajstić information content (AvgIpc) is 3.40. The van der Waals surface area contributed by atoms with Crippen LogP contribution in [0.1, 0.15) is 40.6 Å². The number of fused-ring (bicyclic) bond motifs is 1. The molecule has 0 spiro atoms. The van der Waals surface area contributed by atoms with Gasteiger partial charge in [0.2, 0.25) is 11.7 Å². The van der Waals surface area contributed by atoms with Gasteiger partial charge in [0.05, 0.1) is 6.04 Å². The van der Waals surface area contributed by atoms with E-state index in [1.54, 1.807) is 11.1 Å². The molecular weight excluding hydrogens is 390 g/mol. The number of nitrogens with one attached hydrogen (secondary N) is 1. The number of benzene rings is 2. The van der Waals surface area contributed by atoms with Crippen molar-refractivity contribution in [1.82, 2.24) is 25.5 Å². The number of nitrogens with zero attached hydrogens (tertiary/aromatic N) is 4. The van der Waals surface area contributed by atoms with Gasteiger partial charge in [-0.1, -0.05) is 53.2 Å². The highest BCUT2D eigenvalue weighted by Gasteiger charge is 2.40. The lowest BCUT2D eigenvalue weighted by molar-refractivity contribution is -0.135. The van der Waals surface area contributed by atoms with Crippen molar-refractivity contribution in [2.45, 2.75) is 45.8 Å². The summed E-state index contributed by atoms with van der Waals surface area (Å²) < 4.78 is 5.41. The van der Waals surface area contributed by atoms with E-state index >= 15 is 0 Å². The third kappa shape index (κ3) is 3.72. The van der Waals surface area contributed by atoms with E-state index < -0.39 is 0 Å². The molecule has 1 fully saturated rings. The lowest BCUT2D eigenvalue weighted by Crippen LogP contribution is -2.47. The van der Waals surface area contributed by atoms with E-state index in [1.165, 1.54) is 22.3 Å². The van der Waals surface area contributed by atoms with Gasteiger partial charge in [0.15, 0.2) is 0 Å². The maximum Gasteiger partial charge on any atom is 0.251 e. The number of hydrogen-bond acceptors (Lipinski definition) is 6. The van der Waals surface area contributed by atoms with Crippen molar-refractivity contribution in [1.29, 1.82) is 0 Å². The molecule has 3 heterocycles. The van der Waals surface area contributed by atoms with Crippen molar-refractivity contribution < 1.29 is 9.32 Å². The molecule has 1 saturated heterocycles. The van der Waals surface area contributed by atoms with Gasteiger partial charge in [-0.15, -0.1) is 0 Å². The molecule has 2 atom stereocenters. The molecule has 0 aliphatic carbocycles. The summed E-state index contributed by atoms with van der Waals surface area (Å²) in [6.07, 6.45) is 4.38. The molecule has 2 aliphatic rings. The van der Waals surface area contributed by atoms with Gasteiger partial charge < -0.3 is 14.4 Å². The van der Waals surface area contributed by atoms with Crippen LogP contribution in [-0.4, -0.2) is 32.0 Å². The number of carbonyl (C=O) groups is 1. The number of aromatic nitrogens is 2. The van der Waals surface area contributed by atoms with Crippen molar-refractivity contribution >= 4 is 5.91 Å². The van der Waals surface area contributed by atoms with Gasteiger partial charge in [-0.05, 0) is 43.9 Å². The second kappa shape index (κ2) is 7.67. The Balaban J connectivity index is 1.28. The third-order valence-corrected chi connectivity index (χ3v) is 6.09. The zero-order valence-corrected chi connectivity index (χ0v) is 17.9. The highest BCUT2D eigenvalue weighted by atomic mass is 16.5. The van der Waals surface area contributed by atoms with Crippen LogP contribution < -0.4 is 5.43 Å². The van der Waals surface area contributed by atoms with Crippen LogP contribution in [0.25, 0.3) is 11.4 Å². The van der Waals surface area contributed by atoms with E-state index in [0.717, 1.165) is 5.56 Å². The molecule has 0 bridgehead atoms. The zero-order valence-electron chi connectivity index (χ0n) is 17.9. The Morgan fingerprint density at radius 2 is 1.87 bits per heavy atom. The molecular formula is C24H25N5O2. The topological polar surface area (TPSA) is 74.5 Å². The molecule has 7 nitrogen and oxygen atoms in total. The molecule has 2 unspecified atom stereocenters. The molecule has 0 saturated carbocycles. The van der Waals surface area contributed by atoms with E-state index in [1.807, 2.05) is 42.4 Å². The maximum absolute atomic E-state index is 13.1. The fourth-order valence-electron chi connectivity index (χ4n) is 4.05. The van der Waals surface area contributed by atoms with Crippen LogP contribution in [0.2, 0.25) is 0 Å². The SMILES string of the molecule is Cc1ccc(-c2noc(CN3C=CN4NC(c5ccc(C)c(C)c5)CC4C3=O)n2)cc1. The fourth-order valence-corrected chi connectivity index (χ4v) is 4.05. The van der Waals surface area contributed by atoms with E-state index in [4.69, 9.17) is 4.52 Å². The summed E-state index contributed by atoms with van der Waals surface area (Å²) >= 11 is 0. The lowest BCUT2D eigenvalue weighted by atomic mass is 9.97. The Hall–Kier alpha value is -3.45. The number of amides is 1. The third-order valence-electron chi connectivity index (χ3n) is 6.09. The van der Waals surface area contributed by atoms with Crippen molar-refractivity contribution in [3.05, 3.63) is 83.0 Å². The van der Waals surface area contributed by atoms with Crippen molar-refractivity contribution in [2.24, 2.45) is 0 Å². The highest BCUT2D eigenvalue weighted by molar-refractivity contribution is 5.84. The Bertz CT molecular complexity index is 1150. The van der Waals surface area contributed by atoms with Gasteiger partial charge >= 0.3 is 0 Å². The molecule has 1 aromatic heterocycles. The lowest BCUT2D eigenvalue weighted by Gasteiger charge is -2.30. The van der Waals surface area contributed by atoms with Gasteiger partial charge in [0.1, 0.15) is 12.6 Å². The van der Waals surface area contributed by atoms with E-state index in [2.05, 4.69) is 47.6 Å². The van der Waals surface area contributed by atoms with Crippen LogP contribution in [-0.2, 0) is 11.3 Å². The number of hydrazine groups is 1. The van der Waals surface area contributed by atoms with E-state index in [9.17, 15) is 4.79 Å². The molecule has 158 valence electrons. The summed E-state index contributed by atoms with van der Waals surface area (Å²) in [5.74, 6) is 0.970. The van der Waals surface area contributed by atoms with Crippen LogP contribution >= 0.6 is 0 Å². The van der Waals surface area contributed by atoms with Crippen LogP contribution in [0, 0.1) is 20.8 Å². The number of rotatable bonds is 4. The molecule has 7 heteroatoms. The molecule has 31 heavy (non-hydrogen) atoms. The van der Waals surface area contributed by atoms with Gasteiger partial charge in [0, 0.05) is 18.0 Å². The molecule has 1 amide bonds. The summed E-state index contributed by atoms with van der Waals surface area (Å²) in [5.41, 5.74) is 9.24. The Morgan fingerprint density at radius 3 is 2.65 bits per heavy atom. The highest BCUT2D eigenvalue weighted by Crippen LogP contribution is 2.32. The Labute approximate surface area is 181 Å². The van der Waals surface area contributed by atoms with Gasteiger partial charge in [0.25, 0.3) is 5.91 Å². The van der Waals surface area contributed by atoms with E-state index in [0.29, 0.717) is 18.1 Å². The number of carbonyl (C=O) groups excluding carboxylic acids is 1. The number of aryl methyl sites for hydroxylation is 3. The largest absolute Gasteiger partial charge is 0.337 e. The summed E-state index contributed by atoms with van der Waals surface area (Å²) in [4.78, 5) is 19.2. The van der Waals surface area contributed by atoms with E-state index in [-0.39, 0.29) is 24.5 Å². The first-order valence-corrected chi connectivity index (χ1v) is 10.5. The van der Waals surface area contributed by atoms with Gasteiger partial charge in [-0.2, -0.15) is 4.98 Å². The molecule has 5 rings (SSSR count). The molecule has 2 aromatic carbocycles. The minimum Gasteiger partial charge on any atom is -0.337 e. The minimum atomic E-state index is -0.254. The van der Waals surface area contributed by atoms with Crippen LogP contribution in [0.15, 0.2) is 59.4 Å². The summed E-state index contributed by atoms with van der Waals surface area (Å²) in [5, 5.41) is 5.98. The predicted octanol–water partition coefficient (Wildman–Crippen LogP) is 3.80. The maximum atomic E-state index is 13.1. The Morgan fingerprint density at radius 1 is 1.06 bits per heavy atom. The van der Waals surface area contributed by atoms with Crippen molar-refractivity contribution in [2.75, 3.05) is 0 Å². The first kappa shape index (κ1) is 19.5. The molecule has 0 radical (unpaired) electrons. The fraction of sp³-hybridized carbons (Fsp3) is 0.292. The average molecular weight is 415 g/mol. The Kier molecular flexibility index (Phi) is 4.82. The van der Waals surface area contributed by atoms with Gasteiger partial charge in [-0.3, -0.25) is 4.79 Å². The minimum absolute atomic E-state index is 0.0245. The predicted molar refractivity (Wildman–Crippen MR) is 116 cm³/mol. The molecule has 3 aromatic rings. The summed E-state index contributed by atoms with van der Waals surface area (Å²) in [6, 6.07) is 14.3. The normalized spacial score (nSPS) is 20.4. The smallest absolute Gasteiger partial charge is 0.251 e. The monoisotopic (exact) mass is 415 g/mol. The second-order valence-electron chi connectivity index (χ2n) is 8.33. The first-order valence-electron chi connectivity index (χ1n) is 10.5. The molecule has 1 N–H and O–H groups in total. The van der Waals surface area contributed by atoms with Gasteiger partial charge in [-0.25, -0.2) is 5.43 Å². The second-order valence-corrected chi connectivity index (χ2v) is 8.33. The van der Waals surface area contributed by atoms with Crippen LogP contribution in [0.4, 0.5) is 0 Å². The standard InChI is InChI=1S/C24H25N5O2/c1-15-4-7-18(8-5-15)23-25-22(31-27-23)14-28-10-11-29-21(24(28)30)13-20(26-29)19-9-6-16(2)17(3)12-19/h4-12,20-21,26H,13-14H2,1-3H3. The zero-order chi connectivity index (χ0) is 21.5. The summed E-state index contributed by atoms with van der Waals surface area (Å²) in [7, 11) is 0. The van der Waals surface area contributed by atoms with Crippen molar-refractivity contribution in [3.8, 4) is 11.4 Å². The number of hydrogen-bond donors (Lipinski definition) is 1. The van der Waals surface area contributed by atoms with Crippen LogP contribution in [0.5, 0.6) is 0 Å².